The molecule has 3 aromatic rings. The molecule has 36 heavy (non-hydrogen) atoms. The zero-order chi connectivity index (χ0) is 25.5. The molecule has 0 atom stereocenters. The van der Waals surface area contributed by atoms with Crippen LogP contribution < -0.4 is 5.32 Å². The molecule has 1 aliphatic rings. The molecule has 1 fully saturated rings. The molecule has 7 nitrogen and oxygen atoms in total. The summed E-state index contributed by atoms with van der Waals surface area (Å²) in [4.78, 5) is 19.0. The van der Waals surface area contributed by atoms with Crippen LogP contribution in [0.1, 0.15) is 41.8 Å². The summed E-state index contributed by atoms with van der Waals surface area (Å²) in [5.41, 5.74) is 3.16. The molecule has 0 saturated carbocycles. The van der Waals surface area contributed by atoms with Gasteiger partial charge in [-0.15, -0.1) is 0 Å². The Morgan fingerprint density at radius 2 is 1.69 bits per heavy atom. The zero-order valence-corrected chi connectivity index (χ0v) is 21.3. The largest absolute Gasteiger partial charge is 0.441 e. The van der Waals surface area contributed by atoms with E-state index in [1.165, 1.54) is 37.0 Å². The number of halogens is 1. The van der Waals surface area contributed by atoms with Gasteiger partial charge in [-0.3, -0.25) is 9.69 Å². The third kappa shape index (κ3) is 7.48. The van der Waals surface area contributed by atoms with Crippen LogP contribution in [0.25, 0.3) is 11.5 Å². The Morgan fingerprint density at radius 3 is 2.39 bits per heavy atom. The van der Waals surface area contributed by atoms with Crippen LogP contribution in [0.5, 0.6) is 0 Å². The van der Waals surface area contributed by atoms with Gasteiger partial charge in [-0.05, 0) is 74.7 Å². The van der Waals surface area contributed by atoms with Crippen LogP contribution in [-0.4, -0.2) is 49.6 Å². The van der Waals surface area contributed by atoms with Gasteiger partial charge in [0.25, 0.3) is 0 Å². The zero-order valence-electron chi connectivity index (χ0n) is 20.5. The van der Waals surface area contributed by atoms with Crippen LogP contribution in [0.15, 0.2) is 52.9 Å². The normalized spacial score (nSPS) is 14.6. The number of carbonyl (C=O) groups excluding carboxylic acids is 1. The molecular formula is C27H32FN3O4S. The molecule has 1 aromatic heterocycles. The van der Waals surface area contributed by atoms with Crippen molar-refractivity contribution in [1.82, 2.24) is 15.2 Å². The predicted molar refractivity (Wildman–Crippen MR) is 136 cm³/mol. The van der Waals surface area contributed by atoms with E-state index in [1.54, 1.807) is 19.1 Å². The molecule has 9 heteroatoms. The molecule has 1 amide bonds. The molecule has 192 valence electrons. The lowest BCUT2D eigenvalue weighted by molar-refractivity contribution is -0.118. The van der Waals surface area contributed by atoms with Crippen molar-refractivity contribution in [1.29, 1.82) is 0 Å². The highest BCUT2D eigenvalue weighted by Gasteiger charge is 2.22. The molecule has 0 aliphatic carbocycles. The quantitative estimate of drug-likeness (QED) is 0.440. The first-order valence-electron chi connectivity index (χ1n) is 12.3. The van der Waals surface area contributed by atoms with Crippen LogP contribution in [0.3, 0.4) is 0 Å². The number of sulfone groups is 1. The van der Waals surface area contributed by atoms with E-state index in [0.29, 0.717) is 23.8 Å². The second-order valence-corrected chi connectivity index (χ2v) is 11.4. The van der Waals surface area contributed by atoms with Gasteiger partial charge in [-0.1, -0.05) is 30.7 Å². The Bertz CT molecular complexity index is 1270. The smallest absolute Gasteiger partial charge is 0.235 e. The molecule has 0 bridgehead atoms. The number of amides is 1. The van der Waals surface area contributed by atoms with E-state index in [2.05, 4.69) is 27.3 Å². The highest BCUT2D eigenvalue weighted by molar-refractivity contribution is 7.91. The highest BCUT2D eigenvalue weighted by atomic mass is 32.2. The minimum atomic E-state index is -3.74. The number of rotatable bonds is 10. The van der Waals surface area contributed by atoms with E-state index in [-0.39, 0.29) is 18.1 Å². The van der Waals surface area contributed by atoms with E-state index >= 15 is 0 Å². The number of piperidine rings is 1. The molecule has 4 rings (SSSR count). The number of nitrogens with zero attached hydrogens (tertiary/aromatic N) is 2. The van der Waals surface area contributed by atoms with Gasteiger partial charge in [-0.2, -0.15) is 0 Å². The van der Waals surface area contributed by atoms with Crippen LogP contribution in [0, 0.1) is 12.7 Å². The molecule has 1 aliphatic heterocycles. The maximum atomic E-state index is 13.0. The summed E-state index contributed by atoms with van der Waals surface area (Å²) < 4.78 is 44.0. The third-order valence-electron chi connectivity index (χ3n) is 6.31. The van der Waals surface area contributed by atoms with Crippen molar-refractivity contribution < 1.29 is 22.0 Å². The van der Waals surface area contributed by atoms with Crippen molar-refractivity contribution in [2.24, 2.45) is 0 Å². The van der Waals surface area contributed by atoms with E-state index in [1.807, 2.05) is 12.1 Å². The van der Waals surface area contributed by atoms with Crippen LogP contribution >= 0.6 is 0 Å². The Kier molecular flexibility index (Phi) is 8.53. The predicted octanol–water partition coefficient (Wildman–Crippen LogP) is 4.05. The fraction of sp³-hybridized carbons (Fsp3) is 0.407. The third-order valence-corrected chi connectivity index (χ3v) is 7.72. The van der Waals surface area contributed by atoms with Gasteiger partial charge in [0.2, 0.25) is 11.8 Å². The highest BCUT2D eigenvalue weighted by Crippen LogP contribution is 2.24. The lowest BCUT2D eigenvalue weighted by Gasteiger charge is -2.26. The molecule has 0 radical (unpaired) electrons. The summed E-state index contributed by atoms with van der Waals surface area (Å²) in [7, 11) is -3.74. The summed E-state index contributed by atoms with van der Waals surface area (Å²) >= 11 is 0. The molecular weight excluding hydrogens is 481 g/mol. The molecule has 0 unspecified atom stereocenters. The number of oxazole rings is 1. The fourth-order valence-electron chi connectivity index (χ4n) is 4.32. The first-order chi connectivity index (χ1) is 17.3. The monoisotopic (exact) mass is 513 g/mol. The summed E-state index contributed by atoms with van der Waals surface area (Å²) in [5, 5.41) is 2.61. The number of hydrogen-bond donors (Lipinski definition) is 1. The van der Waals surface area contributed by atoms with Gasteiger partial charge in [0.05, 0.1) is 11.4 Å². The van der Waals surface area contributed by atoms with Crippen molar-refractivity contribution in [3.8, 4) is 11.5 Å². The Labute approximate surface area is 211 Å². The average molecular weight is 514 g/mol. The lowest BCUT2D eigenvalue weighted by Crippen LogP contribution is -2.32. The first-order valence-corrected chi connectivity index (χ1v) is 14.1. The second-order valence-electron chi connectivity index (χ2n) is 9.31. The van der Waals surface area contributed by atoms with Gasteiger partial charge in [-0.25, -0.2) is 17.8 Å². The number of hydrogen-bond acceptors (Lipinski definition) is 6. The van der Waals surface area contributed by atoms with Crippen LogP contribution in [-0.2, 0) is 33.4 Å². The summed E-state index contributed by atoms with van der Waals surface area (Å²) in [6.45, 7) is 5.12. The minimum absolute atomic E-state index is 0.265. The van der Waals surface area contributed by atoms with E-state index in [0.717, 1.165) is 30.8 Å². The average Bonchev–Trinajstić information content (AvgIpc) is 3.20. The number of aryl methyl sites for hydroxylation is 1. The molecule has 1 saturated heterocycles. The molecule has 0 spiro atoms. The Hall–Kier alpha value is -3.04. The van der Waals surface area contributed by atoms with Gasteiger partial charge >= 0.3 is 0 Å². The van der Waals surface area contributed by atoms with Gasteiger partial charge in [0.15, 0.2) is 9.84 Å². The maximum Gasteiger partial charge on any atom is 0.235 e. The van der Waals surface area contributed by atoms with Crippen molar-refractivity contribution in [3.05, 3.63) is 76.9 Å². The maximum absolute atomic E-state index is 13.0. The van der Waals surface area contributed by atoms with E-state index in [9.17, 15) is 17.6 Å². The summed E-state index contributed by atoms with van der Waals surface area (Å²) in [6, 6.07) is 13.9. The molecule has 2 aromatic carbocycles. The SMILES string of the molecule is Cc1oc(-c2ccc(CN3CCCCC3)cc2)nc1CS(=O)(=O)CC(=O)NCCc1ccc(F)cc1. The number of aromatic nitrogens is 1. The topological polar surface area (TPSA) is 92.5 Å². The number of benzene rings is 2. The molecule has 1 N–H and O–H groups in total. The number of carbonyl (C=O) groups is 1. The van der Waals surface area contributed by atoms with Crippen molar-refractivity contribution in [3.63, 3.8) is 0 Å². The number of likely N-dealkylation sites (tertiary alicyclic amines) is 1. The summed E-state index contributed by atoms with van der Waals surface area (Å²) in [6.07, 6.45) is 4.28. The van der Waals surface area contributed by atoms with Crippen molar-refractivity contribution in [2.45, 2.75) is 44.9 Å². The second kappa shape index (κ2) is 11.8. The summed E-state index contributed by atoms with van der Waals surface area (Å²) in [5.74, 6) is -1.13. The standard InChI is InChI=1S/C27H32FN3O4S/c1-20-25(18-36(33,34)19-26(32)29-14-13-21-7-11-24(28)12-8-21)30-27(35-20)23-9-5-22(6-10-23)17-31-15-3-2-4-16-31/h5-12H,2-4,13-19H2,1H3,(H,29,32). The molecule has 2 heterocycles. The minimum Gasteiger partial charge on any atom is -0.441 e. The van der Waals surface area contributed by atoms with Gasteiger partial charge < -0.3 is 9.73 Å². The van der Waals surface area contributed by atoms with Crippen LogP contribution in [0.2, 0.25) is 0 Å². The fourth-order valence-corrected chi connectivity index (χ4v) is 5.61. The van der Waals surface area contributed by atoms with Gasteiger partial charge in [0, 0.05) is 18.7 Å². The van der Waals surface area contributed by atoms with Crippen molar-refractivity contribution >= 4 is 15.7 Å². The number of nitrogens with one attached hydrogen (secondary N) is 1. The van der Waals surface area contributed by atoms with Crippen LogP contribution in [0.4, 0.5) is 4.39 Å². The van der Waals surface area contributed by atoms with E-state index < -0.39 is 21.5 Å². The Morgan fingerprint density at radius 1 is 1.03 bits per heavy atom. The van der Waals surface area contributed by atoms with E-state index in [4.69, 9.17) is 4.42 Å². The van der Waals surface area contributed by atoms with Gasteiger partial charge in [0.1, 0.15) is 17.3 Å². The first kappa shape index (κ1) is 26.0. The lowest BCUT2D eigenvalue weighted by atomic mass is 10.1. The van der Waals surface area contributed by atoms with Crippen molar-refractivity contribution in [2.75, 3.05) is 25.4 Å². The Balaban J connectivity index is 1.30.